The molecule has 1 amide bonds. The quantitative estimate of drug-likeness (QED) is 0.696. The summed E-state index contributed by atoms with van der Waals surface area (Å²) in [5.74, 6) is 0.487. The number of alkyl halides is 3. The monoisotopic (exact) mass is 421 g/mol. The normalized spacial score (nSPS) is 16.2. The van der Waals surface area contributed by atoms with Crippen LogP contribution in [0.25, 0.3) is 0 Å². The smallest absolute Gasteiger partial charge is 0.416 e. The third kappa shape index (κ3) is 4.78. The predicted molar refractivity (Wildman–Crippen MR) is 108 cm³/mol. The lowest BCUT2D eigenvalue weighted by Gasteiger charge is -2.36. The van der Waals surface area contributed by atoms with Crippen LogP contribution in [0.15, 0.2) is 42.5 Å². The molecule has 1 N–H and O–H groups in total. The van der Waals surface area contributed by atoms with E-state index < -0.39 is 17.2 Å². The molecule has 0 radical (unpaired) electrons. The zero-order chi connectivity index (χ0) is 21.8. The lowest BCUT2D eigenvalue weighted by atomic mass is 9.73. The molecule has 0 saturated carbocycles. The summed E-state index contributed by atoms with van der Waals surface area (Å²) in [7, 11) is 0. The van der Waals surface area contributed by atoms with Crippen LogP contribution in [0.4, 0.5) is 13.2 Å². The van der Waals surface area contributed by atoms with E-state index in [4.69, 9.17) is 9.47 Å². The Morgan fingerprint density at radius 2 is 1.73 bits per heavy atom. The van der Waals surface area contributed by atoms with E-state index >= 15 is 0 Å². The summed E-state index contributed by atoms with van der Waals surface area (Å²) >= 11 is 0. The van der Waals surface area contributed by atoms with Crippen molar-refractivity contribution in [1.29, 1.82) is 0 Å². The van der Waals surface area contributed by atoms with Gasteiger partial charge in [0.1, 0.15) is 12.4 Å². The molecule has 162 valence electrons. The highest BCUT2D eigenvalue weighted by Gasteiger charge is 2.43. The maximum Gasteiger partial charge on any atom is 0.416 e. The molecule has 1 heterocycles. The fraction of sp³-hybridized carbons (Fsp3) is 0.435. The van der Waals surface area contributed by atoms with Gasteiger partial charge in [0.05, 0.1) is 17.5 Å². The van der Waals surface area contributed by atoms with Crippen molar-refractivity contribution in [2.75, 3.05) is 26.4 Å². The largest absolute Gasteiger partial charge is 0.491 e. The van der Waals surface area contributed by atoms with E-state index in [-0.39, 0.29) is 19.1 Å². The van der Waals surface area contributed by atoms with Crippen LogP contribution in [0.1, 0.15) is 35.1 Å². The molecule has 2 aromatic carbocycles. The van der Waals surface area contributed by atoms with Crippen molar-refractivity contribution in [2.45, 2.75) is 38.3 Å². The molecule has 0 bridgehead atoms. The maximum absolute atomic E-state index is 13.2. The highest BCUT2D eigenvalue weighted by Crippen LogP contribution is 2.38. The molecule has 0 aliphatic carbocycles. The van der Waals surface area contributed by atoms with Gasteiger partial charge in [0.25, 0.3) is 0 Å². The number of halogens is 3. The van der Waals surface area contributed by atoms with Crippen molar-refractivity contribution >= 4 is 5.91 Å². The van der Waals surface area contributed by atoms with Crippen molar-refractivity contribution in [3.63, 3.8) is 0 Å². The second-order valence-electron chi connectivity index (χ2n) is 7.60. The lowest BCUT2D eigenvalue weighted by Crippen LogP contribution is -2.49. The molecule has 0 unspecified atom stereocenters. The van der Waals surface area contributed by atoms with Crippen LogP contribution in [-0.4, -0.2) is 32.3 Å². The van der Waals surface area contributed by atoms with Crippen LogP contribution in [0, 0.1) is 13.8 Å². The third-order valence-electron chi connectivity index (χ3n) is 5.57. The molecule has 0 aromatic heterocycles. The molecule has 4 nitrogen and oxygen atoms in total. The van der Waals surface area contributed by atoms with Crippen LogP contribution < -0.4 is 10.1 Å². The Kier molecular flexibility index (Phi) is 6.71. The number of nitrogens with one attached hydrogen (secondary N) is 1. The van der Waals surface area contributed by atoms with Gasteiger partial charge in [0.2, 0.25) is 5.91 Å². The van der Waals surface area contributed by atoms with E-state index in [9.17, 15) is 18.0 Å². The molecule has 1 aliphatic rings. The number of rotatable bonds is 6. The van der Waals surface area contributed by atoms with E-state index in [0.29, 0.717) is 31.6 Å². The number of carbonyl (C=O) groups is 1. The number of hydrogen-bond donors (Lipinski definition) is 1. The SMILES string of the molecule is Cc1cccc(C)c1OCCNC(=O)C1(c2cccc(C(F)(F)F)c2)CCOCC1. The minimum absolute atomic E-state index is 0.258. The summed E-state index contributed by atoms with van der Waals surface area (Å²) in [6.45, 7) is 5.07. The fourth-order valence-electron chi connectivity index (χ4n) is 3.87. The molecule has 3 rings (SSSR count). The summed E-state index contributed by atoms with van der Waals surface area (Å²) in [5, 5.41) is 2.86. The van der Waals surface area contributed by atoms with Gasteiger partial charge in [-0.1, -0.05) is 36.4 Å². The highest BCUT2D eigenvalue weighted by molar-refractivity contribution is 5.88. The number of para-hydroxylation sites is 1. The zero-order valence-electron chi connectivity index (χ0n) is 17.1. The Morgan fingerprint density at radius 3 is 2.37 bits per heavy atom. The maximum atomic E-state index is 13.2. The van der Waals surface area contributed by atoms with Crippen LogP contribution in [0.3, 0.4) is 0 Å². The van der Waals surface area contributed by atoms with Gasteiger partial charge in [0, 0.05) is 13.2 Å². The number of benzene rings is 2. The van der Waals surface area contributed by atoms with Gasteiger partial charge in [-0.15, -0.1) is 0 Å². The summed E-state index contributed by atoms with van der Waals surface area (Å²) in [6.07, 6.45) is -3.80. The Balaban J connectivity index is 1.72. The Hall–Kier alpha value is -2.54. The Labute approximate surface area is 174 Å². The number of carbonyl (C=O) groups excluding carboxylic acids is 1. The van der Waals surface area contributed by atoms with Crippen molar-refractivity contribution < 1.29 is 27.4 Å². The van der Waals surface area contributed by atoms with Crippen LogP contribution in [0.5, 0.6) is 5.75 Å². The Morgan fingerprint density at radius 1 is 1.10 bits per heavy atom. The molecule has 7 heteroatoms. The first kappa shape index (κ1) is 22.2. The fourth-order valence-corrected chi connectivity index (χ4v) is 3.87. The minimum atomic E-state index is -4.46. The second kappa shape index (κ2) is 9.08. The molecule has 1 fully saturated rings. The average Bonchev–Trinajstić information content (AvgIpc) is 2.72. The van der Waals surface area contributed by atoms with Crippen molar-refractivity contribution in [1.82, 2.24) is 5.32 Å². The molecular weight excluding hydrogens is 395 g/mol. The molecule has 1 saturated heterocycles. The number of aryl methyl sites for hydroxylation is 2. The zero-order valence-corrected chi connectivity index (χ0v) is 17.1. The van der Waals surface area contributed by atoms with Crippen LogP contribution in [0.2, 0.25) is 0 Å². The first-order valence-electron chi connectivity index (χ1n) is 9.97. The predicted octanol–water partition coefficient (Wildman–Crippen LogP) is 4.57. The van der Waals surface area contributed by atoms with E-state index in [1.807, 2.05) is 32.0 Å². The minimum Gasteiger partial charge on any atom is -0.491 e. The van der Waals surface area contributed by atoms with E-state index in [0.717, 1.165) is 29.0 Å². The summed E-state index contributed by atoms with van der Waals surface area (Å²) in [5.41, 5.74) is 0.584. The van der Waals surface area contributed by atoms with E-state index in [1.54, 1.807) is 6.07 Å². The first-order valence-corrected chi connectivity index (χ1v) is 9.97. The highest BCUT2D eigenvalue weighted by atomic mass is 19.4. The van der Waals surface area contributed by atoms with Gasteiger partial charge >= 0.3 is 6.18 Å². The molecule has 30 heavy (non-hydrogen) atoms. The molecule has 1 aliphatic heterocycles. The Bertz CT molecular complexity index is 869. The van der Waals surface area contributed by atoms with Gasteiger partial charge in [-0.25, -0.2) is 0 Å². The standard InChI is InChI=1S/C23H26F3NO3/c1-16-5-3-6-17(2)20(16)30-14-11-27-21(28)22(9-12-29-13-10-22)18-7-4-8-19(15-18)23(24,25)26/h3-8,15H,9-14H2,1-2H3,(H,27,28). The van der Waals surface area contributed by atoms with Crippen LogP contribution in [-0.2, 0) is 21.1 Å². The second-order valence-corrected chi connectivity index (χ2v) is 7.60. The van der Waals surface area contributed by atoms with Crippen molar-refractivity contribution in [3.05, 3.63) is 64.7 Å². The molecule has 2 aromatic rings. The molecule has 0 atom stereocenters. The third-order valence-corrected chi connectivity index (χ3v) is 5.57. The van der Waals surface area contributed by atoms with Gasteiger partial charge in [-0.3, -0.25) is 4.79 Å². The van der Waals surface area contributed by atoms with Crippen LogP contribution >= 0.6 is 0 Å². The number of amides is 1. The average molecular weight is 421 g/mol. The first-order chi connectivity index (χ1) is 14.2. The summed E-state index contributed by atoms with van der Waals surface area (Å²) < 4.78 is 50.8. The summed E-state index contributed by atoms with van der Waals surface area (Å²) in [6, 6.07) is 10.9. The topological polar surface area (TPSA) is 47.6 Å². The van der Waals surface area contributed by atoms with E-state index in [1.165, 1.54) is 6.07 Å². The van der Waals surface area contributed by atoms with Gasteiger partial charge in [0.15, 0.2) is 0 Å². The number of ether oxygens (including phenoxy) is 2. The lowest BCUT2D eigenvalue weighted by molar-refractivity contribution is -0.138. The van der Waals surface area contributed by atoms with Crippen molar-refractivity contribution in [2.24, 2.45) is 0 Å². The van der Waals surface area contributed by atoms with Crippen molar-refractivity contribution in [3.8, 4) is 5.75 Å². The van der Waals surface area contributed by atoms with Gasteiger partial charge in [-0.05, 0) is 49.4 Å². The van der Waals surface area contributed by atoms with Gasteiger partial charge < -0.3 is 14.8 Å². The molecule has 0 spiro atoms. The van der Waals surface area contributed by atoms with E-state index in [2.05, 4.69) is 5.32 Å². The number of hydrogen-bond acceptors (Lipinski definition) is 3. The summed E-state index contributed by atoms with van der Waals surface area (Å²) in [4.78, 5) is 13.1. The van der Waals surface area contributed by atoms with Gasteiger partial charge in [-0.2, -0.15) is 13.2 Å². The molecular formula is C23H26F3NO3.